The molecule has 94 valence electrons. The highest BCUT2D eigenvalue weighted by Crippen LogP contribution is 2.19. The van der Waals surface area contributed by atoms with E-state index in [9.17, 15) is 4.79 Å². The van der Waals surface area contributed by atoms with Gasteiger partial charge in [-0.25, -0.2) is 4.68 Å². The molecular weight excluding hydrogens is 226 g/mol. The van der Waals surface area contributed by atoms with Gasteiger partial charge in [-0.2, -0.15) is 0 Å². The number of aromatic nitrogens is 3. The molecule has 1 aromatic carbocycles. The number of benzene rings is 1. The predicted molar refractivity (Wildman–Crippen MR) is 70.4 cm³/mol. The number of rotatable bonds is 5. The molecule has 0 spiro atoms. The summed E-state index contributed by atoms with van der Waals surface area (Å²) in [4.78, 5) is 11.6. The van der Waals surface area contributed by atoms with Crippen LogP contribution in [0.15, 0.2) is 30.5 Å². The molecule has 2 rings (SSSR count). The molecular formula is C14H17N3O. The number of aryl methyl sites for hydroxylation is 1. The Labute approximate surface area is 107 Å². The Morgan fingerprint density at radius 1 is 1.22 bits per heavy atom. The maximum absolute atomic E-state index is 11.6. The third-order valence-electron chi connectivity index (χ3n) is 2.88. The van der Waals surface area contributed by atoms with Crippen molar-refractivity contribution in [3.63, 3.8) is 0 Å². The molecule has 0 aliphatic carbocycles. The van der Waals surface area contributed by atoms with Gasteiger partial charge in [0.05, 0.1) is 11.9 Å². The first-order chi connectivity index (χ1) is 8.76. The zero-order valence-electron chi connectivity index (χ0n) is 10.8. The Morgan fingerprint density at radius 2 is 1.94 bits per heavy atom. The third kappa shape index (κ3) is 2.47. The Balaban J connectivity index is 2.28. The quantitative estimate of drug-likeness (QED) is 0.758. The van der Waals surface area contributed by atoms with Gasteiger partial charge in [0.2, 0.25) is 0 Å². The number of hydrogen-bond acceptors (Lipinski definition) is 3. The minimum Gasteiger partial charge on any atom is -0.294 e. The topological polar surface area (TPSA) is 47.8 Å². The number of carbonyl (C=O) groups excluding carboxylic acids is 1. The van der Waals surface area contributed by atoms with Crippen molar-refractivity contribution in [3.8, 4) is 11.3 Å². The zero-order valence-corrected chi connectivity index (χ0v) is 10.8. The number of ketones is 1. The summed E-state index contributed by atoms with van der Waals surface area (Å²) in [6.07, 6.45) is 3.31. The molecule has 18 heavy (non-hydrogen) atoms. The lowest BCUT2D eigenvalue weighted by atomic mass is 10.1. The standard InChI is InChI=1S/C14H17N3O/c1-3-9-17-13(10-15-16-17)11-5-7-12(8-6-11)14(18)4-2/h5-8,10H,3-4,9H2,1-2H3. The number of carbonyl (C=O) groups is 1. The molecule has 0 saturated carbocycles. The van der Waals surface area contributed by atoms with Gasteiger partial charge < -0.3 is 0 Å². The highest BCUT2D eigenvalue weighted by Gasteiger charge is 2.07. The fourth-order valence-corrected chi connectivity index (χ4v) is 1.89. The fourth-order valence-electron chi connectivity index (χ4n) is 1.89. The summed E-state index contributed by atoms with van der Waals surface area (Å²) in [7, 11) is 0. The highest BCUT2D eigenvalue weighted by atomic mass is 16.1. The van der Waals surface area contributed by atoms with Gasteiger partial charge in [-0.15, -0.1) is 5.10 Å². The van der Waals surface area contributed by atoms with Crippen LogP contribution in [0, 0.1) is 0 Å². The average molecular weight is 243 g/mol. The molecule has 0 aliphatic heterocycles. The fraction of sp³-hybridized carbons (Fsp3) is 0.357. The molecule has 4 nitrogen and oxygen atoms in total. The Hall–Kier alpha value is -1.97. The summed E-state index contributed by atoms with van der Waals surface area (Å²) < 4.78 is 1.89. The van der Waals surface area contributed by atoms with Crippen LogP contribution in [0.3, 0.4) is 0 Å². The van der Waals surface area contributed by atoms with Gasteiger partial charge in [0.15, 0.2) is 5.78 Å². The number of hydrogen-bond donors (Lipinski definition) is 0. The molecule has 0 fully saturated rings. The number of nitrogens with zero attached hydrogens (tertiary/aromatic N) is 3. The van der Waals surface area contributed by atoms with E-state index in [1.807, 2.05) is 35.9 Å². The average Bonchev–Trinajstić information content (AvgIpc) is 2.87. The van der Waals surface area contributed by atoms with E-state index in [4.69, 9.17) is 0 Å². The van der Waals surface area contributed by atoms with E-state index in [-0.39, 0.29) is 5.78 Å². The van der Waals surface area contributed by atoms with Crippen LogP contribution in [0.4, 0.5) is 0 Å². The van der Waals surface area contributed by atoms with E-state index in [2.05, 4.69) is 17.2 Å². The second-order valence-electron chi connectivity index (χ2n) is 4.20. The lowest BCUT2D eigenvalue weighted by Gasteiger charge is -2.05. The van der Waals surface area contributed by atoms with E-state index in [1.165, 1.54) is 0 Å². The van der Waals surface area contributed by atoms with Crippen LogP contribution in [0.1, 0.15) is 37.0 Å². The summed E-state index contributed by atoms with van der Waals surface area (Å²) in [6, 6.07) is 7.64. The molecule has 0 N–H and O–H groups in total. The second-order valence-corrected chi connectivity index (χ2v) is 4.20. The summed E-state index contributed by atoms with van der Waals surface area (Å²) in [5.41, 5.74) is 2.80. The van der Waals surface area contributed by atoms with E-state index >= 15 is 0 Å². The van der Waals surface area contributed by atoms with Crippen molar-refractivity contribution in [1.29, 1.82) is 0 Å². The van der Waals surface area contributed by atoms with Gasteiger partial charge in [-0.3, -0.25) is 4.79 Å². The van der Waals surface area contributed by atoms with Gasteiger partial charge in [-0.05, 0) is 6.42 Å². The molecule has 0 amide bonds. The van der Waals surface area contributed by atoms with Crippen LogP contribution in [0.25, 0.3) is 11.3 Å². The Bertz CT molecular complexity index is 528. The van der Waals surface area contributed by atoms with Crippen molar-refractivity contribution in [1.82, 2.24) is 15.0 Å². The van der Waals surface area contributed by atoms with Crippen molar-refractivity contribution in [2.75, 3.05) is 0 Å². The Kier molecular flexibility index (Phi) is 3.87. The van der Waals surface area contributed by atoms with E-state index in [1.54, 1.807) is 6.20 Å². The number of Topliss-reactive ketones (excluding diaryl/α,β-unsaturated/α-hetero) is 1. The van der Waals surface area contributed by atoms with Gasteiger partial charge >= 0.3 is 0 Å². The lowest BCUT2D eigenvalue weighted by Crippen LogP contribution is -2.02. The van der Waals surface area contributed by atoms with E-state index < -0.39 is 0 Å². The lowest BCUT2D eigenvalue weighted by molar-refractivity contribution is 0.0988. The summed E-state index contributed by atoms with van der Waals surface area (Å²) in [5.74, 6) is 0.168. The van der Waals surface area contributed by atoms with Crippen molar-refractivity contribution in [2.24, 2.45) is 0 Å². The normalized spacial score (nSPS) is 10.6. The first-order valence-electron chi connectivity index (χ1n) is 6.28. The summed E-state index contributed by atoms with van der Waals surface area (Å²) in [5, 5.41) is 7.99. The van der Waals surface area contributed by atoms with Crippen molar-refractivity contribution in [3.05, 3.63) is 36.0 Å². The summed E-state index contributed by atoms with van der Waals surface area (Å²) >= 11 is 0. The van der Waals surface area contributed by atoms with Crippen molar-refractivity contribution < 1.29 is 4.79 Å². The minimum atomic E-state index is 0.168. The van der Waals surface area contributed by atoms with Crippen LogP contribution in [0.5, 0.6) is 0 Å². The van der Waals surface area contributed by atoms with Gasteiger partial charge in [0.1, 0.15) is 0 Å². The molecule has 0 unspecified atom stereocenters. The molecule has 4 heteroatoms. The molecule has 0 radical (unpaired) electrons. The van der Waals surface area contributed by atoms with Crippen molar-refractivity contribution >= 4 is 5.78 Å². The Morgan fingerprint density at radius 3 is 2.56 bits per heavy atom. The van der Waals surface area contributed by atoms with Crippen molar-refractivity contribution in [2.45, 2.75) is 33.2 Å². The molecule has 2 aromatic rings. The van der Waals surface area contributed by atoms with Gasteiger partial charge in [0.25, 0.3) is 0 Å². The van der Waals surface area contributed by atoms with Crippen LogP contribution in [0.2, 0.25) is 0 Å². The highest BCUT2D eigenvalue weighted by molar-refractivity contribution is 5.96. The SMILES string of the molecule is CCCn1nncc1-c1ccc(C(=O)CC)cc1. The van der Waals surface area contributed by atoms with Crippen LogP contribution in [-0.4, -0.2) is 20.8 Å². The minimum absolute atomic E-state index is 0.168. The van der Waals surface area contributed by atoms with E-state index in [0.717, 1.165) is 29.8 Å². The monoisotopic (exact) mass is 243 g/mol. The third-order valence-corrected chi connectivity index (χ3v) is 2.88. The van der Waals surface area contributed by atoms with Crippen LogP contribution >= 0.6 is 0 Å². The van der Waals surface area contributed by atoms with Gasteiger partial charge in [-0.1, -0.05) is 43.3 Å². The maximum atomic E-state index is 11.6. The largest absolute Gasteiger partial charge is 0.294 e. The summed E-state index contributed by atoms with van der Waals surface area (Å²) in [6.45, 7) is 4.83. The molecule has 1 aromatic heterocycles. The van der Waals surface area contributed by atoms with Crippen LogP contribution < -0.4 is 0 Å². The molecule has 0 saturated heterocycles. The maximum Gasteiger partial charge on any atom is 0.162 e. The smallest absolute Gasteiger partial charge is 0.162 e. The molecule has 0 atom stereocenters. The zero-order chi connectivity index (χ0) is 13.0. The first-order valence-corrected chi connectivity index (χ1v) is 6.28. The second kappa shape index (κ2) is 5.58. The van der Waals surface area contributed by atoms with Crippen LogP contribution in [-0.2, 0) is 6.54 Å². The molecule has 0 bridgehead atoms. The molecule has 1 heterocycles. The molecule has 0 aliphatic rings. The first kappa shape index (κ1) is 12.5. The van der Waals surface area contributed by atoms with Gasteiger partial charge in [0, 0.05) is 24.1 Å². The van der Waals surface area contributed by atoms with E-state index in [0.29, 0.717) is 6.42 Å². The predicted octanol–water partition coefficient (Wildman–Crippen LogP) is 2.95.